The molecule has 0 N–H and O–H groups in total. The first-order chi connectivity index (χ1) is 28.8. The van der Waals surface area contributed by atoms with Crippen LogP contribution >= 0.6 is 0 Å². The van der Waals surface area contributed by atoms with Crippen molar-refractivity contribution in [3.8, 4) is 33.4 Å². The molecule has 1 heterocycles. The van der Waals surface area contributed by atoms with E-state index in [1.165, 1.54) is 0 Å². The fourth-order valence-corrected chi connectivity index (χ4v) is 5.93. The van der Waals surface area contributed by atoms with Crippen LogP contribution in [0.15, 0.2) is 162 Å². The van der Waals surface area contributed by atoms with E-state index < -0.39 is 114 Å². The predicted molar refractivity (Wildman–Crippen MR) is 183 cm³/mol. The molecule has 9 rings (SSSR count). The molecule has 0 aliphatic heterocycles. The van der Waals surface area contributed by atoms with Crippen molar-refractivity contribution < 1.29 is 29.1 Å². The second-order valence-corrected chi connectivity index (χ2v) is 9.85. The molecule has 0 aliphatic rings. The number of fused-ring (bicyclic) bond motifs is 6. The Morgan fingerprint density at radius 2 is 0.977 bits per heavy atom. The van der Waals surface area contributed by atoms with Gasteiger partial charge in [0.1, 0.15) is 11.2 Å². The molecule has 9 aromatic rings. The average Bonchev–Trinajstić information content (AvgIpc) is 3.66. The van der Waals surface area contributed by atoms with E-state index in [-0.39, 0.29) is 60.5 Å². The van der Waals surface area contributed by atoms with Crippen molar-refractivity contribution >= 4 is 54.3 Å². The molecule has 43 heavy (non-hydrogen) atoms. The topological polar surface area (TPSA) is 13.1 Å². The average molecular weight is 565 g/mol. The third-order valence-electron chi connectivity index (χ3n) is 7.63. The van der Waals surface area contributed by atoms with Gasteiger partial charge in [-0.25, -0.2) is 0 Å². The van der Waals surface area contributed by atoms with Crippen LogP contribution in [0.5, 0.6) is 0 Å². The number of para-hydroxylation sites is 1. The van der Waals surface area contributed by atoms with Gasteiger partial charge in [0.05, 0.1) is 24.7 Å². The molecule has 1 aromatic heterocycles. The number of hydrogen-bond donors (Lipinski definition) is 0. The third kappa shape index (κ3) is 3.58. The lowest BCUT2D eigenvalue weighted by molar-refractivity contribution is 0.669. The maximum atomic E-state index is 9.69. The van der Waals surface area contributed by atoms with Gasteiger partial charge in [0.15, 0.2) is 0 Å². The third-order valence-corrected chi connectivity index (χ3v) is 7.63. The van der Waals surface area contributed by atoms with Crippen molar-refractivity contribution in [3.05, 3.63) is 157 Å². The second kappa shape index (κ2) is 9.44. The molecule has 0 radical (unpaired) electrons. The monoisotopic (exact) mass is 564 g/mol. The standard InChI is InChI=1S/C42H26O/c1-2-14-28(15-3-1)39-36(25-26-38-42(39)35-22-10-11-24-37(35)43-38)41-33-20-8-6-18-31(33)40(32-19-7-9-21-34(32)41)30-23-12-16-27-13-4-5-17-29(27)30/h1-26H/i1D,2D,3D,4D,5D,10D,11D,12D,13D,14D,15D,16D,17D,22D,23D,24D,25D,26D. The zero-order chi connectivity index (χ0) is 44.0. The summed E-state index contributed by atoms with van der Waals surface area (Å²) in [6.45, 7) is 0. The van der Waals surface area contributed by atoms with Gasteiger partial charge >= 0.3 is 0 Å². The van der Waals surface area contributed by atoms with Crippen LogP contribution in [0.1, 0.15) is 24.7 Å². The van der Waals surface area contributed by atoms with Gasteiger partial charge in [-0.1, -0.05) is 139 Å². The highest BCUT2D eigenvalue weighted by atomic mass is 16.3. The SMILES string of the molecule is [2H]c1c([2H])c([2H])c(-c2c(-c3c4ccccc4c(-c4c([2H])c([2H])c([2H])c5c([2H])c([2H])c([2H])c([2H])c45)c4ccccc34)c([2H])c([2H])c3oc4c([2H])c([2H])c([2H])c([2H])c4c23)c([2H])c1[2H]. The van der Waals surface area contributed by atoms with Gasteiger partial charge in [0, 0.05) is 16.3 Å². The van der Waals surface area contributed by atoms with E-state index in [1.54, 1.807) is 48.5 Å². The van der Waals surface area contributed by atoms with Crippen LogP contribution in [-0.4, -0.2) is 0 Å². The number of rotatable bonds is 3. The van der Waals surface area contributed by atoms with Crippen LogP contribution < -0.4 is 0 Å². The van der Waals surface area contributed by atoms with E-state index in [4.69, 9.17) is 25.0 Å². The normalized spacial score (nSPS) is 17.6. The summed E-state index contributed by atoms with van der Waals surface area (Å²) >= 11 is 0. The van der Waals surface area contributed by atoms with Crippen molar-refractivity contribution in [2.75, 3.05) is 0 Å². The van der Waals surface area contributed by atoms with Crippen LogP contribution in [0.2, 0.25) is 0 Å². The molecule has 1 nitrogen and oxygen atoms in total. The lowest BCUT2D eigenvalue weighted by Gasteiger charge is -2.21. The summed E-state index contributed by atoms with van der Waals surface area (Å²) in [5.74, 6) is 0. The van der Waals surface area contributed by atoms with E-state index >= 15 is 0 Å². The number of hydrogen-bond acceptors (Lipinski definition) is 1. The summed E-state index contributed by atoms with van der Waals surface area (Å²) in [5, 5.41) is 0.324. The fourth-order valence-electron chi connectivity index (χ4n) is 5.93. The fraction of sp³-hybridized carbons (Fsp3) is 0. The van der Waals surface area contributed by atoms with Gasteiger partial charge in [-0.2, -0.15) is 0 Å². The summed E-state index contributed by atoms with van der Waals surface area (Å²) in [7, 11) is 0. The van der Waals surface area contributed by atoms with Crippen molar-refractivity contribution in [1.29, 1.82) is 0 Å². The van der Waals surface area contributed by atoms with E-state index in [0.29, 0.717) is 21.5 Å². The highest BCUT2D eigenvalue weighted by molar-refractivity contribution is 6.26. The van der Waals surface area contributed by atoms with E-state index in [0.717, 1.165) is 0 Å². The Hall–Kier alpha value is -5.66. The minimum absolute atomic E-state index is 0.0765. The summed E-state index contributed by atoms with van der Waals surface area (Å²) < 4.78 is 165. The first kappa shape index (κ1) is 12.3. The highest BCUT2D eigenvalue weighted by Gasteiger charge is 2.22. The molecule has 200 valence electrons. The van der Waals surface area contributed by atoms with Gasteiger partial charge in [0.25, 0.3) is 0 Å². The van der Waals surface area contributed by atoms with Crippen molar-refractivity contribution in [1.82, 2.24) is 0 Å². The molecule has 0 amide bonds. The molecule has 0 atom stereocenters. The zero-order valence-electron chi connectivity index (χ0n) is 40.0. The predicted octanol–water partition coefficient (Wildman–Crippen LogP) is 12.0. The van der Waals surface area contributed by atoms with Gasteiger partial charge < -0.3 is 4.42 Å². The largest absolute Gasteiger partial charge is 0.456 e. The Morgan fingerprint density at radius 3 is 1.70 bits per heavy atom. The Morgan fingerprint density at radius 1 is 0.395 bits per heavy atom. The summed E-state index contributed by atoms with van der Waals surface area (Å²) in [4.78, 5) is 0. The van der Waals surface area contributed by atoms with Crippen molar-refractivity contribution in [2.45, 2.75) is 0 Å². The molecule has 8 aromatic carbocycles. The first-order valence-electron chi connectivity index (χ1n) is 22.3. The molecular weight excluding hydrogens is 520 g/mol. The van der Waals surface area contributed by atoms with Crippen LogP contribution in [0.3, 0.4) is 0 Å². The van der Waals surface area contributed by atoms with Crippen LogP contribution in [0.4, 0.5) is 0 Å². The summed E-state index contributed by atoms with van der Waals surface area (Å²) in [5.41, 5.74) is -1.28. The van der Waals surface area contributed by atoms with Crippen LogP contribution in [0, 0.1) is 0 Å². The summed E-state index contributed by atoms with van der Waals surface area (Å²) in [6, 6.07) is 1.93. The molecule has 0 aliphatic carbocycles. The second-order valence-electron chi connectivity index (χ2n) is 9.85. The first-order valence-corrected chi connectivity index (χ1v) is 13.3. The molecule has 0 bridgehead atoms. The molecule has 0 spiro atoms. The number of furan rings is 1. The molecule has 0 unspecified atom stereocenters. The maximum absolute atomic E-state index is 9.69. The minimum Gasteiger partial charge on any atom is -0.456 e. The summed E-state index contributed by atoms with van der Waals surface area (Å²) in [6.07, 6.45) is 0. The van der Waals surface area contributed by atoms with E-state index in [1.807, 2.05) is 0 Å². The van der Waals surface area contributed by atoms with Gasteiger partial charge in [-0.3, -0.25) is 0 Å². The van der Waals surface area contributed by atoms with Gasteiger partial charge in [-0.15, -0.1) is 0 Å². The van der Waals surface area contributed by atoms with Crippen molar-refractivity contribution in [3.63, 3.8) is 0 Å². The number of benzene rings is 8. The Balaban J connectivity index is 1.60. The molecule has 1 heteroatoms. The van der Waals surface area contributed by atoms with Crippen molar-refractivity contribution in [2.24, 2.45) is 0 Å². The molecule has 0 saturated carbocycles. The molecule has 0 fully saturated rings. The maximum Gasteiger partial charge on any atom is 0.136 e. The highest BCUT2D eigenvalue weighted by Crippen LogP contribution is 2.49. The Labute approximate surface area is 274 Å². The van der Waals surface area contributed by atoms with Gasteiger partial charge in [0.2, 0.25) is 0 Å². The molecule has 0 saturated heterocycles. The minimum atomic E-state index is -0.736. The van der Waals surface area contributed by atoms with Gasteiger partial charge in [-0.05, 0) is 78.3 Å². The smallest absolute Gasteiger partial charge is 0.136 e. The van der Waals surface area contributed by atoms with Crippen LogP contribution in [0.25, 0.3) is 87.6 Å². The lowest BCUT2D eigenvalue weighted by atomic mass is 9.82. The lowest BCUT2D eigenvalue weighted by Crippen LogP contribution is -1.93. The van der Waals surface area contributed by atoms with Crippen LogP contribution in [-0.2, 0) is 0 Å². The Bertz CT molecular complexity index is 3420. The quantitative estimate of drug-likeness (QED) is 0.195. The molecular formula is C42H26O. The van der Waals surface area contributed by atoms with E-state index in [2.05, 4.69) is 0 Å². The Kier molecular flexibility index (Phi) is 2.70. The zero-order valence-corrected chi connectivity index (χ0v) is 22.0. The van der Waals surface area contributed by atoms with E-state index in [9.17, 15) is 4.11 Å².